The molecule has 1 heterocycles. The van der Waals surface area contributed by atoms with Crippen LogP contribution in [-0.4, -0.2) is 34.4 Å². The van der Waals surface area contributed by atoms with Gasteiger partial charge < -0.3 is 0 Å². The molecule has 0 aliphatic heterocycles. The van der Waals surface area contributed by atoms with E-state index in [1.54, 1.807) is 12.3 Å². The quantitative estimate of drug-likeness (QED) is 0.845. The van der Waals surface area contributed by atoms with Crippen LogP contribution >= 0.6 is 0 Å². The number of aromatic carboxylic acids is 1. The van der Waals surface area contributed by atoms with Crippen molar-refractivity contribution in [2.24, 2.45) is 0 Å². The van der Waals surface area contributed by atoms with Crippen LogP contribution in [0, 0.1) is 6.92 Å². The average Bonchev–Trinajstić information content (AvgIpc) is 2.01. The molecule has 76 valence electrons. The van der Waals surface area contributed by atoms with Crippen LogP contribution < -0.4 is 3.71 Å². The number of carbonyl (C=O) groups is 1. The zero-order chi connectivity index (χ0) is 10.9. The van der Waals surface area contributed by atoms with Gasteiger partial charge in [-0.25, -0.2) is 0 Å². The molecule has 4 heteroatoms. The van der Waals surface area contributed by atoms with E-state index in [0.29, 0.717) is 5.56 Å². The van der Waals surface area contributed by atoms with Gasteiger partial charge in [-0.2, -0.15) is 0 Å². The molecular formula is C10H15NO2Sn. The normalized spacial score (nSPS) is 11.4. The molecule has 0 aliphatic rings. The number of aromatic nitrogens is 1. The molecule has 1 aromatic rings. The molecule has 0 aliphatic carbocycles. The molecule has 3 nitrogen and oxygen atoms in total. The molecule has 0 amide bonds. The Morgan fingerprint density at radius 1 is 1.43 bits per heavy atom. The first-order valence-corrected chi connectivity index (χ1v) is 14.5. The zero-order valence-corrected chi connectivity index (χ0v) is 11.8. The number of rotatable bonds is 2. The van der Waals surface area contributed by atoms with Crippen molar-refractivity contribution in [2.75, 3.05) is 0 Å². The molecular weight excluding hydrogens is 285 g/mol. The summed E-state index contributed by atoms with van der Waals surface area (Å²) in [5.41, 5.74) is 1.24. The van der Waals surface area contributed by atoms with Gasteiger partial charge in [-0.1, -0.05) is 0 Å². The second kappa shape index (κ2) is 3.88. The number of carboxylic acid groups (broad SMARTS) is 1. The van der Waals surface area contributed by atoms with E-state index in [1.165, 1.54) is 0 Å². The third kappa shape index (κ3) is 2.26. The van der Waals surface area contributed by atoms with Crippen LogP contribution in [0.1, 0.15) is 15.9 Å². The van der Waals surface area contributed by atoms with Gasteiger partial charge in [-0.05, 0) is 0 Å². The minimum absolute atomic E-state index is 0.390. The molecule has 0 spiro atoms. The number of hydrogen-bond acceptors (Lipinski definition) is 2. The van der Waals surface area contributed by atoms with E-state index >= 15 is 0 Å². The van der Waals surface area contributed by atoms with Gasteiger partial charge in [0.25, 0.3) is 0 Å². The van der Waals surface area contributed by atoms with Gasteiger partial charge in [0.15, 0.2) is 0 Å². The Balaban J connectivity index is 3.35. The van der Waals surface area contributed by atoms with E-state index < -0.39 is 24.3 Å². The SMILES string of the molecule is Cc1c(C(=O)O)ccn[c]1[Sn]([CH3])([CH3])[CH3]. The van der Waals surface area contributed by atoms with Crippen LogP contribution in [0.15, 0.2) is 12.3 Å². The van der Waals surface area contributed by atoms with Crippen molar-refractivity contribution in [1.29, 1.82) is 0 Å². The molecule has 0 atom stereocenters. The summed E-state index contributed by atoms with van der Waals surface area (Å²) in [4.78, 5) is 21.9. The van der Waals surface area contributed by atoms with E-state index in [9.17, 15) is 4.79 Å². The molecule has 0 saturated carbocycles. The topological polar surface area (TPSA) is 50.2 Å². The van der Waals surface area contributed by atoms with E-state index in [1.807, 2.05) is 6.92 Å². The van der Waals surface area contributed by atoms with Crippen LogP contribution in [0.4, 0.5) is 0 Å². The van der Waals surface area contributed by atoms with Crippen molar-refractivity contribution in [1.82, 2.24) is 4.98 Å². The first-order chi connectivity index (χ1) is 6.34. The minimum atomic E-state index is -2.25. The van der Waals surface area contributed by atoms with Crippen LogP contribution in [0.5, 0.6) is 0 Å². The van der Waals surface area contributed by atoms with Crippen molar-refractivity contribution in [2.45, 2.75) is 21.7 Å². The maximum atomic E-state index is 10.9. The summed E-state index contributed by atoms with van der Waals surface area (Å²) in [6.45, 7) is 1.86. The van der Waals surface area contributed by atoms with E-state index in [0.717, 1.165) is 9.27 Å². The summed E-state index contributed by atoms with van der Waals surface area (Å²) in [6.07, 6.45) is 1.61. The Kier molecular flexibility index (Phi) is 3.19. The third-order valence-electron chi connectivity index (χ3n) is 2.14. The van der Waals surface area contributed by atoms with Gasteiger partial charge >= 0.3 is 88.1 Å². The second-order valence-electron chi connectivity index (χ2n) is 4.39. The fraction of sp³-hybridized carbons (Fsp3) is 0.400. The van der Waals surface area contributed by atoms with Crippen molar-refractivity contribution < 1.29 is 9.90 Å². The van der Waals surface area contributed by atoms with Crippen molar-refractivity contribution in [3.8, 4) is 0 Å². The van der Waals surface area contributed by atoms with Crippen LogP contribution in [0.3, 0.4) is 0 Å². The van der Waals surface area contributed by atoms with Gasteiger partial charge in [-0.3, -0.25) is 0 Å². The zero-order valence-electron chi connectivity index (χ0n) is 8.96. The predicted molar refractivity (Wildman–Crippen MR) is 58.9 cm³/mol. The summed E-state index contributed by atoms with van der Waals surface area (Å²) >= 11 is -2.25. The molecule has 14 heavy (non-hydrogen) atoms. The van der Waals surface area contributed by atoms with Crippen molar-refractivity contribution in [3.63, 3.8) is 0 Å². The Bertz CT molecular complexity index is 369. The third-order valence-corrected chi connectivity index (χ3v) is 7.64. The average molecular weight is 300 g/mol. The molecule has 0 fully saturated rings. The maximum absolute atomic E-state index is 10.9. The summed E-state index contributed by atoms with van der Waals surface area (Å²) in [6, 6.07) is 1.57. The van der Waals surface area contributed by atoms with Crippen molar-refractivity contribution >= 4 is 28.1 Å². The van der Waals surface area contributed by atoms with Crippen LogP contribution in [-0.2, 0) is 0 Å². The molecule has 0 bridgehead atoms. The molecule has 0 unspecified atom stereocenters. The number of pyridine rings is 1. The Labute approximate surface area is 88.0 Å². The van der Waals surface area contributed by atoms with Crippen molar-refractivity contribution in [3.05, 3.63) is 23.4 Å². The summed E-state index contributed by atoms with van der Waals surface area (Å²) in [5.74, 6) is -0.860. The van der Waals surface area contributed by atoms with E-state index in [4.69, 9.17) is 5.11 Å². The summed E-state index contributed by atoms with van der Waals surface area (Å²) < 4.78 is 1.05. The first-order valence-electron chi connectivity index (χ1n) is 4.53. The van der Waals surface area contributed by atoms with Crippen LogP contribution in [0.25, 0.3) is 0 Å². The second-order valence-corrected chi connectivity index (χ2v) is 18.6. The van der Waals surface area contributed by atoms with E-state index in [2.05, 4.69) is 19.8 Å². The van der Waals surface area contributed by atoms with Gasteiger partial charge in [0.05, 0.1) is 0 Å². The fourth-order valence-electron chi connectivity index (χ4n) is 1.52. The summed E-state index contributed by atoms with van der Waals surface area (Å²) in [5, 5.41) is 8.95. The van der Waals surface area contributed by atoms with Gasteiger partial charge in [0.1, 0.15) is 0 Å². The Hall–Kier alpha value is -0.581. The molecule has 1 N–H and O–H groups in total. The monoisotopic (exact) mass is 301 g/mol. The number of carboxylic acids is 1. The molecule has 0 aromatic carbocycles. The fourth-order valence-corrected chi connectivity index (χ4v) is 6.44. The van der Waals surface area contributed by atoms with E-state index in [-0.39, 0.29) is 0 Å². The van der Waals surface area contributed by atoms with Crippen LogP contribution in [0.2, 0.25) is 14.8 Å². The number of nitrogens with zero attached hydrogens (tertiary/aromatic N) is 1. The Morgan fingerprint density at radius 3 is 2.43 bits per heavy atom. The molecule has 0 saturated heterocycles. The van der Waals surface area contributed by atoms with Gasteiger partial charge in [-0.15, -0.1) is 0 Å². The standard InChI is InChI=1S/C7H6NO2.3CH3.Sn/c1-5-4-8-3-2-6(5)7(9)10;;;;/h2-3H,1H3,(H,9,10);3*1H3;. The van der Waals surface area contributed by atoms with Gasteiger partial charge in [0, 0.05) is 0 Å². The first kappa shape index (κ1) is 11.5. The van der Waals surface area contributed by atoms with Gasteiger partial charge in [0.2, 0.25) is 0 Å². The summed E-state index contributed by atoms with van der Waals surface area (Å²) in [7, 11) is 0. The molecule has 0 radical (unpaired) electrons. The Morgan fingerprint density at radius 2 is 2.00 bits per heavy atom. The predicted octanol–water partition coefficient (Wildman–Crippen LogP) is 1.63. The molecule has 1 rings (SSSR count). The number of hydrogen-bond donors (Lipinski definition) is 1. The molecule has 1 aromatic heterocycles.